The van der Waals surface area contributed by atoms with Crippen LogP contribution in [-0.4, -0.2) is 24.3 Å². The van der Waals surface area contributed by atoms with Crippen molar-refractivity contribution in [3.8, 4) is 0 Å². The molecule has 0 saturated carbocycles. The molecular formula is C13H21FN2O. The lowest BCUT2D eigenvalue weighted by Gasteiger charge is -2.29. The van der Waals surface area contributed by atoms with E-state index >= 15 is 0 Å². The van der Waals surface area contributed by atoms with Gasteiger partial charge in [0, 0.05) is 25.7 Å². The predicted octanol–water partition coefficient (Wildman–Crippen LogP) is 1.88. The minimum Gasteiger partial charge on any atom is -0.396 e. The van der Waals surface area contributed by atoms with Crippen LogP contribution < -0.4 is 10.6 Å². The summed E-state index contributed by atoms with van der Waals surface area (Å²) in [6, 6.07) is 5.27. The summed E-state index contributed by atoms with van der Waals surface area (Å²) in [4.78, 5) is 1.95. The molecule has 3 N–H and O–H groups in total. The minimum atomic E-state index is -0.250. The first kappa shape index (κ1) is 13.9. The molecule has 0 amide bonds. The van der Waals surface area contributed by atoms with Gasteiger partial charge in [-0.1, -0.05) is 6.07 Å². The van der Waals surface area contributed by atoms with E-state index in [4.69, 9.17) is 10.8 Å². The number of anilines is 1. The van der Waals surface area contributed by atoms with Gasteiger partial charge in [0.05, 0.1) is 5.69 Å². The number of nitrogens with two attached hydrogens (primary N) is 1. The molecule has 0 fully saturated rings. The monoisotopic (exact) mass is 240 g/mol. The van der Waals surface area contributed by atoms with Crippen LogP contribution in [0.1, 0.15) is 25.8 Å². The lowest BCUT2D eigenvalue weighted by Crippen LogP contribution is -2.33. The third-order valence-electron chi connectivity index (χ3n) is 2.74. The highest BCUT2D eigenvalue weighted by molar-refractivity contribution is 5.49. The quantitative estimate of drug-likeness (QED) is 0.798. The Morgan fingerprint density at radius 3 is 2.59 bits per heavy atom. The summed E-state index contributed by atoms with van der Waals surface area (Å²) in [6.07, 6.45) is 0.635. The smallest absolute Gasteiger partial charge is 0.146 e. The van der Waals surface area contributed by atoms with Gasteiger partial charge in [-0.25, -0.2) is 4.39 Å². The Bertz CT molecular complexity index is 355. The lowest BCUT2D eigenvalue weighted by molar-refractivity contribution is 0.288. The Balaban J connectivity index is 2.93. The van der Waals surface area contributed by atoms with Crippen LogP contribution in [0, 0.1) is 5.82 Å². The molecule has 0 aliphatic rings. The zero-order chi connectivity index (χ0) is 12.8. The van der Waals surface area contributed by atoms with E-state index in [2.05, 4.69) is 0 Å². The maximum absolute atomic E-state index is 13.9. The van der Waals surface area contributed by atoms with E-state index in [1.807, 2.05) is 24.8 Å². The molecule has 0 atom stereocenters. The minimum absolute atomic E-state index is 0.117. The average molecular weight is 240 g/mol. The molecule has 0 saturated heterocycles. The van der Waals surface area contributed by atoms with E-state index in [-0.39, 0.29) is 18.5 Å². The maximum Gasteiger partial charge on any atom is 0.146 e. The molecule has 0 aliphatic carbocycles. The number of benzene rings is 1. The molecule has 0 aromatic heterocycles. The molecule has 1 aromatic carbocycles. The highest BCUT2D eigenvalue weighted by atomic mass is 19.1. The van der Waals surface area contributed by atoms with Crippen molar-refractivity contribution in [2.24, 2.45) is 5.73 Å². The summed E-state index contributed by atoms with van der Waals surface area (Å²) in [5.41, 5.74) is 6.84. The van der Waals surface area contributed by atoms with Crippen molar-refractivity contribution in [3.05, 3.63) is 29.6 Å². The van der Waals surface area contributed by atoms with Crippen molar-refractivity contribution in [2.45, 2.75) is 32.9 Å². The van der Waals surface area contributed by atoms with Gasteiger partial charge in [-0.05, 0) is 38.0 Å². The van der Waals surface area contributed by atoms with Crippen LogP contribution in [0.4, 0.5) is 10.1 Å². The number of nitrogens with zero attached hydrogens (tertiary/aromatic N) is 1. The van der Waals surface area contributed by atoms with Crippen molar-refractivity contribution < 1.29 is 9.50 Å². The number of hydrogen-bond acceptors (Lipinski definition) is 3. The number of hydrogen-bond donors (Lipinski definition) is 2. The molecule has 0 radical (unpaired) electrons. The molecule has 3 nitrogen and oxygen atoms in total. The van der Waals surface area contributed by atoms with Gasteiger partial charge in [0.15, 0.2) is 0 Å². The van der Waals surface area contributed by atoms with Crippen molar-refractivity contribution >= 4 is 5.69 Å². The molecule has 0 heterocycles. The van der Waals surface area contributed by atoms with Gasteiger partial charge in [0.25, 0.3) is 0 Å². The highest BCUT2D eigenvalue weighted by Gasteiger charge is 2.14. The molecular weight excluding hydrogens is 219 g/mol. The molecule has 1 aromatic rings. The highest BCUT2D eigenvalue weighted by Crippen LogP contribution is 2.22. The molecule has 17 heavy (non-hydrogen) atoms. The van der Waals surface area contributed by atoms with Crippen molar-refractivity contribution in [2.75, 3.05) is 18.1 Å². The standard InChI is InChI=1S/C13H21FN2O/c1-10(2)16(6-3-7-17)13-5-4-11(9-15)8-12(13)14/h4-5,8,10,17H,3,6-7,9,15H2,1-2H3. The second kappa shape index (κ2) is 6.57. The van der Waals surface area contributed by atoms with Crippen LogP contribution in [0.3, 0.4) is 0 Å². The van der Waals surface area contributed by atoms with Crippen LogP contribution in [0.25, 0.3) is 0 Å². The van der Waals surface area contributed by atoms with Crippen molar-refractivity contribution in [1.82, 2.24) is 0 Å². The number of aliphatic hydroxyl groups is 1. The summed E-state index contributed by atoms with van der Waals surface area (Å²) in [5, 5.41) is 8.86. The first-order valence-corrected chi connectivity index (χ1v) is 5.96. The zero-order valence-corrected chi connectivity index (χ0v) is 10.5. The lowest BCUT2D eigenvalue weighted by atomic mass is 10.1. The Labute approximate surface area is 102 Å². The Morgan fingerprint density at radius 2 is 2.12 bits per heavy atom. The molecule has 0 bridgehead atoms. The van der Waals surface area contributed by atoms with E-state index in [9.17, 15) is 4.39 Å². The van der Waals surface area contributed by atoms with Crippen LogP contribution >= 0.6 is 0 Å². The molecule has 0 unspecified atom stereocenters. The molecule has 4 heteroatoms. The van der Waals surface area contributed by atoms with Gasteiger partial charge >= 0.3 is 0 Å². The number of halogens is 1. The summed E-state index contributed by atoms with van der Waals surface area (Å²) >= 11 is 0. The fourth-order valence-corrected chi connectivity index (χ4v) is 1.81. The third kappa shape index (κ3) is 3.68. The Morgan fingerprint density at radius 1 is 1.41 bits per heavy atom. The van der Waals surface area contributed by atoms with E-state index in [0.717, 1.165) is 5.56 Å². The number of rotatable bonds is 6. The third-order valence-corrected chi connectivity index (χ3v) is 2.74. The van der Waals surface area contributed by atoms with Gasteiger partial charge in [0.1, 0.15) is 5.82 Å². The first-order valence-electron chi connectivity index (χ1n) is 5.96. The van der Waals surface area contributed by atoms with Crippen molar-refractivity contribution in [3.63, 3.8) is 0 Å². The number of aliphatic hydroxyl groups excluding tert-OH is 1. The average Bonchev–Trinajstić information content (AvgIpc) is 2.30. The van der Waals surface area contributed by atoms with Crippen molar-refractivity contribution in [1.29, 1.82) is 0 Å². The second-order valence-corrected chi connectivity index (χ2v) is 4.35. The van der Waals surface area contributed by atoms with E-state index in [1.54, 1.807) is 6.07 Å². The summed E-state index contributed by atoms with van der Waals surface area (Å²) in [6.45, 7) is 5.12. The van der Waals surface area contributed by atoms with Gasteiger partial charge in [-0.2, -0.15) is 0 Å². The van der Waals surface area contributed by atoms with Crippen LogP contribution in [0.15, 0.2) is 18.2 Å². The first-order chi connectivity index (χ1) is 8.10. The predicted molar refractivity (Wildman–Crippen MR) is 68.5 cm³/mol. The topological polar surface area (TPSA) is 49.5 Å². The van der Waals surface area contributed by atoms with Crippen LogP contribution in [-0.2, 0) is 6.54 Å². The van der Waals surface area contributed by atoms with Gasteiger partial charge in [0.2, 0.25) is 0 Å². The largest absolute Gasteiger partial charge is 0.396 e. The SMILES string of the molecule is CC(C)N(CCCO)c1ccc(CN)cc1F. The second-order valence-electron chi connectivity index (χ2n) is 4.35. The van der Waals surface area contributed by atoms with Crippen LogP contribution in [0.2, 0.25) is 0 Å². The maximum atomic E-state index is 13.9. The van der Waals surface area contributed by atoms with E-state index in [1.165, 1.54) is 6.07 Å². The molecule has 96 valence electrons. The molecule has 1 rings (SSSR count). The van der Waals surface area contributed by atoms with E-state index in [0.29, 0.717) is 25.2 Å². The fraction of sp³-hybridized carbons (Fsp3) is 0.538. The summed E-state index contributed by atoms with van der Waals surface area (Å²) < 4.78 is 13.9. The van der Waals surface area contributed by atoms with Gasteiger partial charge < -0.3 is 15.7 Å². The normalized spacial score (nSPS) is 10.9. The fourth-order valence-electron chi connectivity index (χ4n) is 1.81. The Hall–Kier alpha value is -1.13. The molecule has 0 aliphatic heterocycles. The Kier molecular flexibility index (Phi) is 5.38. The van der Waals surface area contributed by atoms with Gasteiger partial charge in [-0.3, -0.25) is 0 Å². The van der Waals surface area contributed by atoms with Crippen LogP contribution in [0.5, 0.6) is 0 Å². The summed E-state index contributed by atoms with van der Waals surface area (Å²) in [5.74, 6) is -0.250. The van der Waals surface area contributed by atoms with E-state index < -0.39 is 0 Å². The van der Waals surface area contributed by atoms with Gasteiger partial charge in [-0.15, -0.1) is 0 Å². The zero-order valence-electron chi connectivity index (χ0n) is 10.5. The molecule has 0 spiro atoms. The summed E-state index contributed by atoms with van der Waals surface area (Å²) in [7, 11) is 0.